The maximum Gasteiger partial charge on any atom is 0.240 e. The zero-order chi connectivity index (χ0) is 14.9. The molecule has 1 N–H and O–H groups in total. The Kier molecular flexibility index (Phi) is 3.83. The van der Waals surface area contributed by atoms with Gasteiger partial charge in [-0.3, -0.25) is 0 Å². The molecule has 0 spiro atoms. The summed E-state index contributed by atoms with van der Waals surface area (Å²) in [5, 5.41) is 0. The monoisotopic (exact) mass is 301 g/mol. The minimum atomic E-state index is -3.43. The molecule has 0 heterocycles. The second-order valence-corrected chi connectivity index (χ2v) is 7.36. The third-order valence-electron chi connectivity index (χ3n) is 4.00. The van der Waals surface area contributed by atoms with Crippen molar-refractivity contribution in [3.8, 4) is 0 Å². The summed E-state index contributed by atoms with van der Waals surface area (Å²) in [5.74, 6) is 0. The Bertz CT molecular complexity index is 736. The normalized spacial score (nSPS) is 18.2. The lowest BCUT2D eigenvalue weighted by molar-refractivity contribution is 0.507. The highest BCUT2D eigenvalue weighted by molar-refractivity contribution is 7.89. The van der Waals surface area contributed by atoms with Crippen LogP contribution in [-0.2, 0) is 22.9 Å². The number of sulfonamides is 1. The molecule has 0 amide bonds. The van der Waals surface area contributed by atoms with Crippen LogP contribution in [0.2, 0.25) is 0 Å². The molecule has 1 atom stereocenters. The highest BCUT2D eigenvalue weighted by Crippen LogP contribution is 2.22. The molecule has 1 aliphatic rings. The Morgan fingerprint density at radius 1 is 1.00 bits per heavy atom. The number of fused-ring (bicyclic) bond motifs is 1. The lowest BCUT2D eigenvalue weighted by atomic mass is 9.89. The summed E-state index contributed by atoms with van der Waals surface area (Å²) in [7, 11) is -3.43. The second kappa shape index (κ2) is 5.62. The topological polar surface area (TPSA) is 46.2 Å². The molecule has 0 aromatic heterocycles. The Hall–Kier alpha value is -1.65. The molecular formula is C17H19NO2S. The van der Waals surface area contributed by atoms with E-state index in [1.165, 1.54) is 11.1 Å². The van der Waals surface area contributed by atoms with Crippen molar-refractivity contribution < 1.29 is 8.42 Å². The van der Waals surface area contributed by atoms with Crippen LogP contribution in [0.3, 0.4) is 0 Å². The smallest absolute Gasteiger partial charge is 0.208 e. The summed E-state index contributed by atoms with van der Waals surface area (Å²) >= 11 is 0. The van der Waals surface area contributed by atoms with Gasteiger partial charge in [0.1, 0.15) is 0 Å². The Morgan fingerprint density at radius 3 is 2.38 bits per heavy atom. The molecule has 3 nitrogen and oxygen atoms in total. The van der Waals surface area contributed by atoms with Crippen LogP contribution >= 0.6 is 0 Å². The molecule has 21 heavy (non-hydrogen) atoms. The van der Waals surface area contributed by atoms with E-state index in [0.717, 1.165) is 24.8 Å². The van der Waals surface area contributed by atoms with Crippen molar-refractivity contribution in [2.75, 3.05) is 0 Å². The average molecular weight is 301 g/mol. The average Bonchev–Trinajstić information content (AvgIpc) is 2.47. The predicted molar refractivity (Wildman–Crippen MR) is 83.8 cm³/mol. The molecule has 0 unspecified atom stereocenters. The molecule has 4 heteroatoms. The van der Waals surface area contributed by atoms with E-state index in [1.54, 1.807) is 12.1 Å². The number of hydrogen-bond acceptors (Lipinski definition) is 2. The minimum absolute atomic E-state index is 0.0220. The van der Waals surface area contributed by atoms with Crippen LogP contribution < -0.4 is 4.72 Å². The molecule has 1 aliphatic carbocycles. The van der Waals surface area contributed by atoms with Gasteiger partial charge in [0, 0.05) is 6.04 Å². The van der Waals surface area contributed by atoms with E-state index < -0.39 is 10.0 Å². The Balaban J connectivity index is 1.77. The summed E-state index contributed by atoms with van der Waals surface area (Å²) in [6.07, 6.45) is 2.54. The third-order valence-corrected chi connectivity index (χ3v) is 5.54. The third kappa shape index (κ3) is 3.17. The number of nitrogens with one attached hydrogen (secondary N) is 1. The molecule has 0 saturated heterocycles. The van der Waals surface area contributed by atoms with Gasteiger partial charge in [-0.25, -0.2) is 13.1 Å². The molecule has 0 radical (unpaired) electrons. The molecule has 2 aromatic carbocycles. The van der Waals surface area contributed by atoms with Gasteiger partial charge in [0.15, 0.2) is 0 Å². The molecule has 3 rings (SSSR count). The van der Waals surface area contributed by atoms with E-state index in [-0.39, 0.29) is 6.04 Å². The highest BCUT2D eigenvalue weighted by atomic mass is 32.2. The molecule has 0 saturated carbocycles. The fraction of sp³-hybridized carbons (Fsp3) is 0.294. The maximum atomic E-state index is 12.4. The molecule has 2 aromatic rings. The largest absolute Gasteiger partial charge is 0.240 e. The lowest BCUT2D eigenvalue weighted by Gasteiger charge is -2.25. The van der Waals surface area contributed by atoms with Crippen LogP contribution in [0.5, 0.6) is 0 Å². The summed E-state index contributed by atoms with van der Waals surface area (Å²) in [5.41, 5.74) is 3.64. The number of benzene rings is 2. The van der Waals surface area contributed by atoms with Crippen molar-refractivity contribution in [2.45, 2.75) is 37.1 Å². The van der Waals surface area contributed by atoms with Crippen molar-refractivity contribution in [1.82, 2.24) is 4.72 Å². The lowest BCUT2D eigenvalue weighted by Crippen LogP contribution is -2.38. The van der Waals surface area contributed by atoms with Crippen molar-refractivity contribution in [1.29, 1.82) is 0 Å². The second-order valence-electron chi connectivity index (χ2n) is 5.64. The van der Waals surface area contributed by atoms with Crippen LogP contribution in [0.1, 0.15) is 23.1 Å². The van der Waals surface area contributed by atoms with Gasteiger partial charge in [-0.15, -0.1) is 0 Å². The first-order valence-corrected chi connectivity index (χ1v) is 8.69. The molecule has 110 valence electrons. The predicted octanol–water partition coefficient (Wildman–Crippen LogP) is 2.83. The van der Waals surface area contributed by atoms with Gasteiger partial charge in [-0.05, 0) is 49.4 Å². The van der Waals surface area contributed by atoms with Crippen molar-refractivity contribution >= 4 is 10.0 Å². The highest BCUT2D eigenvalue weighted by Gasteiger charge is 2.24. The van der Waals surface area contributed by atoms with Gasteiger partial charge in [0.2, 0.25) is 10.0 Å². The van der Waals surface area contributed by atoms with Crippen LogP contribution in [0.25, 0.3) is 0 Å². The SMILES string of the molecule is Cc1ccc(S(=O)(=O)N[C@H]2CCc3ccccc3C2)cc1. The minimum Gasteiger partial charge on any atom is -0.208 e. The first-order chi connectivity index (χ1) is 10.0. The van der Waals surface area contributed by atoms with E-state index in [9.17, 15) is 8.42 Å². The quantitative estimate of drug-likeness (QED) is 0.947. The van der Waals surface area contributed by atoms with E-state index in [1.807, 2.05) is 31.2 Å². The molecule has 0 fully saturated rings. The van der Waals surface area contributed by atoms with Gasteiger partial charge in [-0.1, -0.05) is 42.0 Å². The van der Waals surface area contributed by atoms with E-state index in [4.69, 9.17) is 0 Å². The maximum absolute atomic E-state index is 12.4. The standard InChI is InChI=1S/C17H19NO2S/c1-13-6-10-17(11-7-13)21(19,20)18-16-9-8-14-4-2-3-5-15(14)12-16/h2-7,10-11,16,18H,8-9,12H2,1H3/t16-/m0/s1. The van der Waals surface area contributed by atoms with Gasteiger partial charge in [0.05, 0.1) is 4.90 Å². The van der Waals surface area contributed by atoms with Gasteiger partial charge in [0.25, 0.3) is 0 Å². The van der Waals surface area contributed by atoms with E-state index in [0.29, 0.717) is 4.90 Å². The van der Waals surface area contributed by atoms with Crippen LogP contribution in [0, 0.1) is 6.92 Å². The first-order valence-electron chi connectivity index (χ1n) is 7.20. The van der Waals surface area contributed by atoms with E-state index >= 15 is 0 Å². The van der Waals surface area contributed by atoms with Crippen molar-refractivity contribution in [2.24, 2.45) is 0 Å². The number of rotatable bonds is 3. The fourth-order valence-corrected chi connectivity index (χ4v) is 4.07. The van der Waals surface area contributed by atoms with Crippen LogP contribution in [-0.4, -0.2) is 14.5 Å². The zero-order valence-corrected chi connectivity index (χ0v) is 12.9. The van der Waals surface area contributed by atoms with Crippen molar-refractivity contribution in [3.63, 3.8) is 0 Å². The molecule has 0 bridgehead atoms. The summed E-state index contributed by atoms with van der Waals surface area (Å²) in [6, 6.07) is 15.2. The first kappa shape index (κ1) is 14.3. The number of aryl methyl sites for hydroxylation is 2. The fourth-order valence-electron chi connectivity index (χ4n) is 2.80. The van der Waals surface area contributed by atoms with Gasteiger partial charge < -0.3 is 0 Å². The van der Waals surface area contributed by atoms with E-state index in [2.05, 4.69) is 16.9 Å². The Morgan fingerprint density at radius 2 is 1.67 bits per heavy atom. The number of hydrogen-bond donors (Lipinski definition) is 1. The molecular weight excluding hydrogens is 282 g/mol. The van der Waals surface area contributed by atoms with Gasteiger partial charge in [-0.2, -0.15) is 0 Å². The van der Waals surface area contributed by atoms with Crippen LogP contribution in [0.4, 0.5) is 0 Å². The summed E-state index contributed by atoms with van der Waals surface area (Å²) in [4.78, 5) is 0.340. The molecule has 0 aliphatic heterocycles. The van der Waals surface area contributed by atoms with Crippen LogP contribution in [0.15, 0.2) is 53.4 Å². The van der Waals surface area contributed by atoms with Gasteiger partial charge >= 0.3 is 0 Å². The van der Waals surface area contributed by atoms with Crippen molar-refractivity contribution in [3.05, 3.63) is 65.2 Å². The summed E-state index contributed by atoms with van der Waals surface area (Å²) in [6.45, 7) is 1.95. The Labute approximate surface area is 126 Å². The zero-order valence-electron chi connectivity index (χ0n) is 12.0. The summed E-state index contributed by atoms with van der Waals surface area (Å²) < 4.78 is 27.7.